The van der Waals surface area contributed by atoms with E-state index >= 15 is 0 Å². The first kappa shape index (κ1) is 12.8. The van der Waals surface area contributed by atoms with Gasteiger partial charge in [0.1, 0.15) is 5.54 Å². The van der Waals surface area contributed by atoms with Crippen LogP contribution in [0.5, 0.6) is 0 Å². The van der Waals surface area contributed by atoms with Crippen LogP contribution in [-0.4, -0.2) is 55.7 Å². The summed E-state index contributed by atoms with van der Waals surface area (Å²) in [6.07, 6.45) is 4.29. The van der Waals surface area contributed by atoms with Gasteiger partial charge in [-0.2, -0.15) is 0 Å². The molecule has 2 rings (SSSR count). The summed E-state index contributed by atoms with van der Waals surface area (Å²) in [5.74, 6) is -0.0611. The molecule has 17 heavy (non-hydrogen) atoms. The zero-order valence-corrected chi connectivity index (χ0v) is 10.6. The Hall–Kier alpha value is -0.650. The summed E-state index contributed by atoms with van der Waals surface area (Å²) in [5, 5.41) is 2.98. The molecule has 5 nitrogen and oxygen atoms in total. The highest BCUT2D eigenvalue weighted by Crippen LogP contribution is 2.17. The highest BCUT2D eigenvalue weighted by molar-refractivity contribution is 5.86. The van der Waals surface area contributed by atoms with Gasteiger partial charge in [-0.1, -0.05) is 6.42 Å². The first-order valence-electron chi connectivity index (χ1n) is 6.47. The molecular formula is C12H23N3O2. The molecule has 2 unspecified atom stereocenters. The number of likely N-dealkylation sites (N-methyl/N-ethyl adjacent to an activating group) is 1. The van der Waals surface area contributed by atoms with Gasteiger partial charge in [0, 0.05) is 19.2 Å². The summed E-state index contributed by atoms with van der Waals surface area (Å²) in [5.41, 5.74) is 5.20. The molecule has 98 valence electrons. The smallest absolute Gasteiger partial charge is 0.242 e. The van der Waals surface area contributed by atoms with Crippen molar-refractivity contribution in [1.82, 2.24) is 10.2 Å². The minimum absolute atomic E-state index is 0.0611. The van der Waals surface area contributed by atoms with Crippen molar-refractivity contribution in [3.8, 4) is 0 Å². The molecule has 2 aliphatic rings. The molecule has 1 amide bonds. The second kappa shape index (κ2) is 5.33. The third kappa shape index (κ3) is 2.97. The average molecular weight is 241 g/mol. The van der Waals surface area contributed by atoms with Crippen molar-refractivity contribution in [2.75, 3.05) is 33.4 Å². The van der Waals surface area contributed by atoms with Crippen molar-refractivity contribution in [3.05, 3.63) is 0 Å². The van der Waals surface area contributed by atoms with Crippen molar-refractivity contribution < 1.29 is 9.53 Å². The molecule has 0 aliphatic carbocycles. The Morgan fingerprint density at radius 2 is 2.41 bits per heavy atom. The van der Waals surface area contributed by atoms with Gasteiger partial charge in [-0.3, -0.25) is 4.79 Å². The number of carbonyl (C=O) groups excluding carboxylic acids is 1. The SMILES string of the molecule is CN1CCCCC1CNC(=O)C1(N)CCOC1. The molecule has 2 atom stereocenters. The molecule has 2 heterocycles. The van der Waals surface area contributed by atoms with E-state index in [0.717, 1.165) is 13.0 Å². The second-order valence-electron chi connectivity index (χ2n) is 5.30. The predicted molar refractivity (Wildman–Crippen MR) is 65.6 cm³/mol. The lowest BCUT2D eigenvalue weighted by Crippen LogP contribution is -2.56. The van der Waals surface area contributed by atoms with Gasteiger partial charge >= 0.3 is 0 Å². The fourth-order valence-corrected chi connectivity index (χ4v) is 2.55. The number of nitrogens with zero attached hydrogens (tertiary/aromatic N) is 1. The number of nitrogens with two attached hydrogens (primary N) is 1. The Balaban J connectivity index is 1.79. The molecule has 0 aromatic carbocycles. The maximum Gasteiger partial charge on any atom is 0.242 e. The third-order valence-corrected chi connectivity index (χ3v) is 3.92. The van der Waals surface area contributed by atoms with E-state index in [2.05, 4.69) is 17.3 Å². The number of amides is 1. The van der Waals surface area contributed by atoms with Crippen molar-refractivity contribution in [3.63, 3.8) is 0 Å². The van der Waals surface area contributed by atoms with Gasteiger partial charge in [-0.15, -0.1) is 0 Å². The standard InChI is InChI=1S/C12H23N3O2/c1-15-6-3-2-4-10(15)8-14-11(16)12(13)5-7-17-9-12/h10H,2-9,13H2,1H3,(H,14,16). The van der Waals surface area contributed by atoms with E-state index in [4.69, 9.17) is 10.5 Å². The van der Waals surface area contributed by atoms with Crippen LogP contribution in [0.3, 0.4) is 0 Å². The van der Waals surface area contributed by atoms with E-state index < -0.39 is 5.54 Å². The Kier molecular flexibility index (Phi) is 4.01. The van der Waals surface area contributed by atoms with Crippen molar-refractivity contribution >= 4 is 5.91 Å². The number of hydrogen-bond acceptors (Lipinski definition) is 4. The Labute approximate surface area is 103 Å². The summed E-state index contributed by atoms with van der Waals surface area (Å²) in [7, 11) is 2.12. The summed E-state index contributed by atoms with van der Waals surface area (Å²) >= 11 is 0. The predicted octanol–water partition coefficient (Wildman–Crippen LogP) is -0.295. The number of rotatable bonds is 3. The van der Waals surface area contributed by atoms with E-state index in [1.807, 2.05) is 0 Å². The van der Waals surface area contributed by atoms with E-state index in [0.29, 0.717) is 32.2 Å². The zero-order chi connectivity index (χ0) is 12.3. The average Bonchev–Trinajstić information content (AvgIpc) is 2.76. The molecular weight excluding hydrogens is 218 g/mol. The van der Waals surface area contributed by atoms with Crippen LogP contribution in [0.15, 0.2) is 0 Å². The minimum atomic E-state index is -0.798. The van der Waals surface area contributed by atoms with Crippen LogP contribution in [0.2, 0.25) is 0 Å². The summed E-state index contributed by atoms with van der Waals surface area (Å²) in [6.45, 7) is 2.76. The van der Waals surface area contributed by atoms with Crippen LogP contribution >= 0.6 is 0 Å². The fraction of sp³-hybridized carbons (Fsp3) is 0.917. The second-order valence-corrected chi connectivity index (χ2v) is 5.30. The van der Waals surface area contributed by atoms with Crippen LogP contribution in [0.4, 0.5) is 0 Å². The molecule has 0 bridgehead atoms. The molecule has 2 aliphatic heterocycles. The third-order valence-electron chi connectivity index (χ3n) is 3.92. The number of hydrogen-bond donors (Lipinski definition) is 2. The normalized spacial score (nSPS) is 34.8. The van der Waals surface area contributed by atoms with Gasteiger partial charge in [0.05, 0.1) is 6.61 Å². The molecule has 5 heteroatoms. The summed E-state index contributed by atoms with van der Waals surface area (Å²) in [6, 6.07) is 0.457. The molecule has 3 N–H and O–H groups in total. The first-order chi connectivity index (χ1) is 8.12. The quantitative estimate of drug-likeness (QED) is 0.712. The molecule has 0 aromatic heterocycles. The van der Waals surface area contributed by atoms with Crippen molar-refractivity contribution in [1.29, 1.82) is 0 Å². The van der Waals surface area contributed by atoms with Gasteiger partial charge in [0.2, 0.25) is 5.91 Å². The highest BCUT2D eigenvalue weighted by Gasteiger charge is 2.38. The van der Waals surface area contributed by atoms with Crippen LogP contribution in [0, 0.1) is 0 Å². The van der Waals surface area contributed by atoms with E-state index in [1.54, 1.807) is 0 Å². The Bertz CT molecular complexity index is 277. The monoisotopic (exact) mass is 241 g/mol. The lowest BCUT2D eigenvalue weighted by molar-refractivity contribution is -0.126. The number of carbonyl (C=O) groups is 1. The van der Waals surface area contributed by atoms with E-state index in [9.17, 15) is 4.79 Å². The highest BCUT2D eigenvalue weighted by atomic mass is 16.5. The number of likely N-dealkylation sites (tertiary alicyclic amines) is 1. The van der Waals surface area contributed by atoms with E-state index in [1.165, 1.54) is 12.8 Å². The van der Waals surface area contributed by atoms with Gasteiger partial charge in [0.15, 0.2) is 0 Å². The topological polar surface area (TPSA) is 67.6 Å². The molecule has 0 aromatic rings. The fourth-order valence-electron chi connectivity index (χ4n) is 2.55. The minimum Gasteiger partial charge on any atom is -0.379 e. The molecule has 0 saturated carbocycles. The van der Waals surface area contributed by atoms with E-state index in [-0.39, 0.29) is 5.91 Å². The largest absolute Gasteiger partial charge is 0.379 e. The van der Waals surface area contributed by atoms with Crippen LogP contribution in [0.1, 0.15) is 25.7 Å². The number of nitrogens with one attached hydrogen (secondary N) is 1. The van der Waals surface area contributed by atoms with Crippen LogP contribution in [0.25, 0.3) is 0 Å². The maximum atomic E-state index is 12.0. The van der Waals surface area contributed by atoms with Gasteiger partial charge in [-0.25, -0.2) is 0 Å². The van der Waals surface area contributed by atoms with Gasteiger partial charge < -0.3 is 20.7 Å². The molecule has 2 saturated heterocycles. The van der Waals surface area contributed by atoms with Gasteiger partial charge in [0.25, 0.3) is 0 Å². The number of piperidine rings is 1. The molecule has 0 radical (unpaired) electrons. The van der Waals surface area contributed by atoms with Crippen LogP contribution < -0.4 is 11.1 Å². The maximum absolute atomic E-state index is 12.0. The van der Waals surface area contributed by atoms with Crippen molar-refractivity contribution in [2.24, 2.45) is 5.73 Å². The van der Waals surface area contributed by atoms with Gasteiger partial charge in [-0.05, 0) is 32.9 Å². The molecule has 2 fully saturated rings. The molecule has 0 spiro atoms. The lowest BCUT2D eigenvalue weighted by Gasteiger charge is -2.33. The Morgan fingerprint density at radius 1 is 1.59 bits per heavy atom. The first-order valence-corrected chi connectivity index (χ1v) is 6.47. The number of ether oxygens (including phenoxy) is 1. The van der Waals surface area contributed by atoms with Crippen LogP contribution in [-0.2, 0) is 9.53 Å². The summed E-state index contributed by atoms with van der Waals surface area (Å²) < 4.78 is 5.20. The zero-order valence-electron chi connectivity index (χ0n) is 10.6. The Morgan fingerprint density at radius 3 is 3.06 bits per heavy atom. The lowest BCUT2D eigenvalue weighted by atomic mass is 9.98. The summed E-state index contributed by atoms with van der Waals surface area (Å²) in [4.78, 5) is 14.3. The van der Waals surface area contributed by atoms with Crippen molar-refractivity contribution in [2.45, 2.75) is 37.3 Å².